The largest absolute Gasteiger partial charge is 0.507 e. The summed E-state index contributed by atoms with van der Waals surface area (Å²) in [6.45, 7) is 6.60. The maximum atomic E-state index is 10.4. The Morgan fingerprint density at radius 2 is 1.71 bits per heavy atom. The van der Waals surface area contributed by atoms with Gasteiger partial charge in [0, 0.05) is 41.2 Å². The van der Waals surface area contributed by atoms with Gasteiger partial charge in [0.25, 0.3) is 0 Å². The molecular weight excluding hydrogens is 478 g/mol. The maximum absolute atomic E-state index is 10.4. The second-order valence-electron chi connectivity index (χ2n) is 9.12. The molecule has 10 heteroatoms. The number of rotatable bonds is 6. The Hall–Kier alpha value is -4.99. The number of benzene rings is 2. The number of hydrogen-bond donors (Lipinski definition) is 2. The van der Waals surface area contributed by atoms with Crippen molar-refractivity contribution in [1.29, 1.82) is 0 Å². The summed E-state index contributed by atoms with van der Waals surface area (Å²) in [5.74, 6) is 2.27. The molecule has 0 saturated heterocycles. The number of para-hydroxylation sites is 1. The molecule has 188 valence electrons. The molecule has 0 unspecified atom stereocenters. The molecule has 0 saturated carbocycles. The van der Waals surface area contributed by atoms with Crippen molar-refractivity contribution >= 4 is 11.2 Å². The van der Waals surface area contributed by atoms with Crippen LogP contribution in [0.3, 0.4) is 0 Å². The fourth-order valence-electron chi connectivity index (χ4n) is 4.74. The minimum absolute atomic E-state index is 0.204. The van der Waals surface area contributed by atoms with Crippen LogP contribution in [0.15, 0.2) is 60.9 Å². The first-order valence-corrected chi connectivity index (χ1v) is 12.3. The Morgan fingerprint density at radius 3 is 2.45 bits per heavy atom. The third-order valence-electron chi connectivity index (χ3n) is 6.55. The zero-order chi connectivity index (χ0) is 26.2. The van der Waals surface area contributed by atoms with Gasteiger partial charge in [-0.05, 0) is 60.0 Å². The summed E-state index contributed by atoms with van der Waals surface area (Å²) < 4.78 is 2.09. The smallest absolute Gasteiger partial charge is 0.205 e. The first kappa shape index (κ1) is 23.4. The highest BCUT2D eigenvalue weighted by Crippen LogP contribution is 2.36. The lowest BCUT2D eigenvalue weighted by molar-refractivity contribution is 0.477. The van der Waals surface area contributed by atoms with E-state index in [2.05, 4.69) is 45.1 Å². The van der Waals surface area contributed by atoms with Gasteiger partial charge in [0.05, 0.1) is 6.54 Å². The average Bonchev–Trinajstić information content (AvgIpc) is 3.58. The summed E-state index contributed by atoms with van der Waals surface area (Å²) in [6.07, 6.45) is 4.37. The number of tetrazole rings is 1. The van der Waals surface area contributed by atoms with E-state index in [1.165, 1.54) is 0 Å². The van der Waals surface area contributed by atoms with Crippen molar-refractivity contribution in [2.24, 2.45) is 0 Å². The molecule has 0 aliphatic carbocycles. The minimum Gasteiger partial charge on any atom is -0.507 e. The maximum Gasteiger partial charge on any atom is 0.205 e. The van der Waals surface area contributed by atoms with E-state index in [-0.39, 0.29) is 5.75 Å². The summed E-state index contributed by atoms with van der Waals surface area (Å²) >= 11 is 0. The number of aryl methyl sites for hydroxylation is 3. The number of phenolic OH excluding ortho intramolecular Hbond substituents is 1. The van der Waals surface area contributed by atoms with E-state index in [1.807, 2.05) is 37.3 Å². The number of fused-ring (bicyclic) bond motifs is 1. The number of aromatic hydroxyl groups is 1. The number of imidazole rings is 1. The van der Waals surface area contributed by atoms with E-state index in [4.69, 9.17) is 19.9 Å². The van der Waals surface area contributed by atoms with E-state index >= 15 is 0 Å². The quantitative estimate of drug-likeness (QED) is 0.335. The van der Waals surface area contributed by atoms with Crippen LogP contribution in [0.4, 0.5) is 0 Å². The van der Waals surface area contributed by atoms with Crippen molar-refractivity contribution in [1.82, 2.24) is 45.1 Å². The first-order chi connectivity index (χ1) is 18.5. The van der Waals surface area contributed by atoms with Gasteiger partial charge in [-0.2, -0.15) is 5.21 Å². The molecule has 10 nitrogen and oxygen atoms in total. The molecule has 0 aliphatic rings. The average molecular weight is 504 g/mol. The number of pyridine rings is 1. The second kappa shape index (κ2) is 9.47. The zero-order valence-corrected chi connectivity index (χ0v) is 21.2. The van der Waals surface area contributed by atoms with Gasteiger partial charge in [-0.15, -0.1) is 10.2 Å². The molecule has 2 N–H and O–H groups in total. The molecule has 38 heavy (non-hydrogen) atoms. The number of hydrogen-bond acceptors (Lipinski definition) is 8. The van der Waals surface area contributed by atoms with Gasteiger partial charge in [-0.3, -0.25) is 0 Å². The molecule has 0 aliphatic heterocycles. The monoisotopic (exact) mass is 503 g/mol. The Kier molecular flexibility index (Phi) is 5.83. The van der Waals surface area contributed by atoms with Crippen LogP contribution < -0.4 is 0 Å². The van der Waals surface area contributed by atoms with Gasteiger partial charge in [0.2, 0.25) is 5.82 Å². The fourth-order valence-corrected chi connectivity index (χ4v) is 4.74. The van der Waals surface area contributed by atoms with Crippen molar-refractivity contribution in [3.8, 4) is 39.4 Å². The number of aromatic nitrogens is 9. The van der Waals surface area contributed by atoms with Crippen molar-refractivity contribution in [3.63, 3.8) is 0 Å². The Bertz CT molecular complexity index is 1760. The Morgan fingerprint density at radius 1 is 0.895 bits per heavy atom. The third kappa shape index (κ3) is 4.15. The summed E-state index contributed by atoms with van der Waals surface area (Å²) in [5.41, 5.74) is 7.79. The van der Waals surface area contributed by atoms with Crippen LogP contribution in [0.2, 0.25) is 0 Å². The molecule has 6 aromatic rings. The first-order valence-electron chi connectivity index (χ1n) is 12.3. The van der Waals surface area contributed by atoms with Crippen LogP contribution in [0.25, 0.3) is 44.8 Å². The Labute approximate surface area is 218 Å². The van der Waals surface area contributed by atoms with Gasteiger partial charge in [0.1, 0.15) is 22.9 Å². The summed E-state index contributed by atoms with van der Waals surface area (Å²) in [4.78, 5) is 19.0. The van der Waals surface area contributed by atoms with E-state index in [0.29, 0.717) is 18.2 Å². The summed E-state index contributed by atoms with van der Waals surface area (Å²) in [6, 6.07) is 15.1. The van der Waals surface area contributed by atoms with Gasteiger partial charge in [-0.25, -0.2) is 19.9 Å². The lowest BCUT2D eigenvalue weighted by Crippen LogP contribution is -2.08. The van der Waals surface area contributed by atoms with Crippen molar-refractivity contribution in [3.05, 3.63) is 83.8 Å². The number of aromatic amines is 1. The number of phenols is 1. The van der Waals surface area contributed by atoms with E-state index in [9.17, 15) is 5.11 Å². The highest BCUT2D eigenvalue weighted by molar-refractivity contribution is 5.85. The predicted molar refractivity (Wildman–Crippen MR) is 143 cm³/mol. The van der Waals surface area contributed by atoms with Crippen LogP contribution in [-0.4, -0.2) is 50.2 Å². The second-order valence-corrected chi connectivity index (χ2v) is 9.12. The molecule has 4 heterocycles. The summed E-state index contributed by atoms with van der Waals surface area (Å²) in [5, 5.41) is 25.0. The van der Waals surface area contributed by atoms with E-state index < -0.39 is 0 Å². The topological polar surface area (TPSA) is 131 Å². The van der Waals surface area contributed by atoms with Gasteiger partial charge < -0.3 is 9.67 Å². The molecular formula is C28H25N9O. The molecule has 0 amide bonds. The van der Waals surface area contributed by atoms with E-state index in [0.717, 1.165) is 62.5 Å². The lowest BCUT2D eigenvalue weighted by Gasteiger charge is -2.12. The minimum atomic E-state index is 0.204. The number of H-pyrrole nitrogens is 1. The van der Waals surface area contributed by atoms with Gasteiger partial charge >= 0.3 is 0 Å². The van der Waals surface area contributed by atoms with Crippen LogP contribution >= 0.6 is 0 Å². The van der Waals surface area contributed by atoms with Crippen LogP contribution in [-0.2, 0) is 13.0 Å². The lowest BCUT2D eigenvalue weighted by atomic mass is 9.95. The molecule has 0 spiro atoms. The molecule has 2 aromatic carbocycles. The normalized spacial score (nSPS) is 11.3. The van der Waals surface area contributed by atoms with Crippen molar-refractivity contribution in [2.45, 2.75) is 33.7 Å². The molecule has 0 bridgehead atoms. The van der Waals surface area contributed by atoms with Crippen molar-refractivity contribution < 1.29 is 5.11 Å². The number of nitrogens with one attached hydrogen (secondary N) is 1. The summed E-state index contributed by atoms with van der Waals surface area (Å²) in [7, 11) is 0. The van der Waals surface area contributed by atoms with Crippen LogP contribution in [0, 0.1) is 13.8 Å². The van der Waals surface area contributed by atoms with Gasteiger partial charge in [0.15, 0.2) is 5.65 Å². The van der Waals surface area contributed by atoms with Crippen LogP contribution in [0.1, 0.15) is 29.8 Å². The van der Waals surface area contributed by atoms with Crippen molar-refractivity contribution in [2.75, 3.05) is 0 Å². The molecule has 4 aromatic heterocycles. The highest BCUT2D eigenvalue weighted by Gasteiger charge is 2.17. The van der Waals surface area contributed by atoms with Crippen LogP contribution in [0.5, 0.6) is 5.75 Å². The molecule has 0 atom stereocenters. The zero-order valence-electron chi connectivity index (χ0n) is 21.2. The van der Waals surface area contributed by atoms with Gasteiger partial charge in [-0.1, -0.05) is 31.2 Å². The highest BCUT2D eigenvalue weighted by atomic mass is 16.3. The Balaban J connectivity index is 1.40. The standard InChI is InChI=1S/C28H25N9O/c1-4-25-32-26-16(2)11-17(3)31-28(26)37(25)15-24-29-13-19(14-30-24)22-12-18(20-7-5-6-8-23(20)38)9-10-21(22)27-33-35-36-34-27/h5-14,38H,4,15H2,1-3H3,(H,33,34,35,36). The predicted octanol–water partition coefficient (Wildman–Crippen LogP) is 4.67. The van der Waals surface area contributed by atoms with E-state index in [1.54, 1.807) is 24.5 Å². The molecule has 6 rings (SSSR count). The fraction of sp³-hybridized carbons (Fsp3) is 0.179. The molecule has 0 fully saturated rings. The third-order valence-corrected chi connectivity index (χ3v) is 6.55. The number of nitrogens with zero attached hydrogens (tertiary/aromatic N) is 8. The SMILES string of the molecule is CCc1nc2c(C)cc(C)nc2n1Cc1ncc(-c2cc(-c3ccccc3O)ccc2-c2nn[nH]n2)cn1. The molecule has 0 radical (unpaired) electrons.